The highest BCUT2D eigenvalue weighted by Crippen LogP contribution is 2.59. The van der Waals surface area contributed by atoms with Crippen molar-refractivity contribution < 1.29 is 0 Å². The van der Waals surface area contributed by atoms with Gasteiger partial charge < -0.3 is 28.1 Å². The van der Waals surface area contributed by atoms with Gasteiger partial charge in [-0.25, -0.2) is 0 Å². The molecule has 0 unspecified atom stereocenters. The molecule has 0 N–H and O–H groups in total. The summed E-state index contributed by atoms with van der Waals surface area (Å²) in [5.41, 5.74) is 53.1. The normalized spacial score (nSPS) is 14.7. The maximum absolute atomic E-state index is 2.60. The molecule has 31 rings (SSSR count). The van der Waals surface area contributed by atoms with E-state index in [4.69, 9.17) is 0 Å². The van der Waals surface area contributed by atoms with Gasteiger partial charge in [0.25, 0.3) is 0 Å². The van der Waals surface area contributed by atoms with Crippen molar-refractivity contribution in [2.24, 2.45) is 0 Å². The number of para-hydroxylation sites is 8. The number of benzene rings is 21. The number of fused-ring (bicyclic) bond motifs is 36. The quantitative estimate of drug-likeness (QED) is 0.142. The lowest BCUT2D eigenvalue weighted by molar-refractivity contribution is 0.660. The molecule has 0 atom stereocenters. The highest BCUT2D eigenvalue weighted by molar-refractivity contribution is 6.85. The Morgan fingerprint density at radius 1 is 0.156 bits per heavy atom. The third-order valence-corrected chi connectivity index (χ3v) is 34.1. The molecule has 9 heterocycles. The van der Waals surface area contributed by atoms with E-state index in [2.05, 4.69) is 563 Å². The van der Waals surface area contributed by atoms with Crippen LogP contribution in [0.5, 0.6) is 0 Å². The van der Waals surface area contributed by atoms with Gasteiger partial charge in [0.15, 0.2) is 0 Å². The molecule has 7 aliphatic rings. The first kappa shape index (κ1) is 86.3. The van der Waals surface area contributed by atoms with Crippen LogP contribution in [0.15, 0.2) is 479 Å². The number of anilines is 6. The van der Waals surface area contributed by atoms with E-state index < -0.39 is 0 Å². The monoisotopic (exact) mass is 1880 g/mol. The van der Waals surface area contributed by atoms with E-state index in [9.17, 15) is 0 Å². The molecule has 6 nitrogen and oxygen atoms in total. The van der Waals surface area contributed by atoms with Crippen LogP contribution in [0.1, 0.15) is 83.2 Å². The summed E-state index contributed by atoms with van der Waals surface area (Å²) in [5, 5.41) is 7.31. The molecule has 0 saturated heterocycles. The summed E-state index contributed by atoms with van der Waals surface area (Å²) in [6.45, 7) is 20.0. The number of hydrogen-bond donors (Lipinski definition) is 0. The molecule has 0 amide bonds. The SMILES string of the molecule is CC1(C)B2c3ccccc3-c3ccccc3N2c2ccc(-c3ccc4c(c3)C(C)(C)c3ccccc3-4)cc21.CC1(C)B2c3ccccc3-c3ccccc3N2c2ccc(-c3cccc(-c4ccc5c(c4)c4cc6c(cc4n5-c4ccccc4)c4ccccc4n6-c4ccccc4)c3)cc21.CC1(C)B2c3ccccc3-c3ccccc3N2c2ccc(-c3cccc(-c4ccc5c(c4)c4ccccc4n5-c4ccccc4)c3)cc21. The Labute approximate surface area is 859 Å². The molecule has 0 fully saturated rings. The maximum atomic E-state index is 2.60. The summed E-state index contributed by atoms with van der Waals surface area (Å²) in [5.74, 6) is 0. The maximum Gasteiger partial charge on any atom is 0.304 e. The van der Waals surface area contributed by atoms with Gasteiger partial charge in [-0.2, -0.15) is 0 Å². The molecule has 24 aromatic rings. The van der Waals surface area contributed by atoms with Gasteiger partial charge in [0.1, 0.15) is 0 Å². The van der Waals surface area contributed by atoms with Crippen molar-refractivity contribution in [3.05, 3.63) is 507 Å². The molecule has 0 saturated carbocycles. The van der Waals surface area contributed by atoms with Crippen LogP contribution in [0, 0.1) is 0 Å². The van der Waals surface area contributed by atoms with Gasteiger partial charge >= 0.3 is 20.5 Å². The van der Waals surface area contributed by atoms with Crippen LogP contribution < -0.4 is 30.8 Å². The van der Waals surface area contributed by atoms with Crippen molar-refractivity contribution in [2.75, 3.05) is 14.4 Å². The Kier molecular flexibility index (Phi) is 19.1. The smallest absolute Gasteiger partial charge is 0.304 e. The first-order valence-corrected chi connectivity index (χ1v) is 52.0. The van der Waals surface area contributed by atoms with Gasteiger partial charge in [0.05, 0.1) is 33.1 Å². The largest absolute Gasteiger partial charge is 0.380 e. The fourth-order valence-corrected chi connectivity index (χ4v) is 27.2. The predicted molar refractivity (Wildman–Crippen MR) is 624 cm³/mol. The Morgan fingerprint density at radius 2 is 0.422 bits per heavy atom. The van der Waals surface area contributed by atoms with Gasteiger partial charge in [-0.05, 0) is 301 Å². The molecule has 0 radical (unpaired) electrons. The zero-order valence-corrected chi connectivity index (χ0v) is 83.5. The molecule has 147 heavy (non-hydrogen) atoms. The van der Waals surface area contributed by atoms with Crippen molar-refractivity contribution in [1.82, 2.24) is 13.7 Å². The second kappa shape index (κ2) is 32.6. The van der Waals surface area contributed by atoms with E-state index in [1.807, 2.05) is 0 Å². The molecule has 21 aromatic carbocycles. The highest BCUT2D eigenvalue weighted by atomic mass is 15.1. The Balaban J connectivity index is 0.000000107. The van der Waals surface area contributed by atoms with Crippen LogP contribution in [0.3, 0.4) is 0 Å². The van der Waals surface area contributed by atoms with Crippen molar-refractivity contribution in [2.45, 2.75) is 76.7 Å². The molecule has 694 valence electrons. The molecule has 0 spiro atoms. The molecular formula is C138H103B3N6. The lowest BCUT2D eigenvalue weighted by Gasteiger charge is -2.38. The fourth-order valence-electron chi connectivity index (χ4n) is 27.2. The second-order valence-electron chi connectivity index (χ2n) is 43.5. The molecule has 9 heteroatoms. The third-order valence-electron chi connectivity index (χ3n) is 34.1. The summed E-state index contributed by atoms with van der Waals surface area (Å²) in [6.07, 6.45) is 0. The molecule has 0 bridgehead atoms. The number of hydrogen-bond acceptors (Lipinski definition) is 3. The molecular weight excluding hydrogens is 1770 g/mol. The van der Waals surface area contributed by atoms with Gasteiger partial charge in [0.2, 0.25) is 0 Å². The average molecular weight is 1880 g/mol. The summed E-state index contributed by atoms with van der Waals surface area (Å²) in [4.78, 5) is 7.79. The summed E-state index contributed by atoms with van der Waals surface area (Å²) in [6, 6.07) is 178. The fraction of sp³-hybridized carbons (Fsp3) is 0.0870. The van der Waals surface area contributed by atoms with E-state index in [0.717, 1.165) is 11.4 Å². The average Bonchev–Trinajstić information content (AvgIpc) is 1.55. The first-order valence-electron chi connectivity index (χ1n) is 52.0. The van der Waals surface area contributed by atoms with Gasteiger partial charge in [0, 0.05) is 106 Å². The summed E-state index contributed by atoms with van der Waals surface area (Å²) < 4.78 is 7.24. The lowest BCUT2D eigenvalue weighted by Crippen LogP contribution is -2.55. The first-order chi connectivity index (χ1) is 72.0. The van der Waals surface area contributed by atoms with Crippen LogP contribution in [-0.4, -0.2) is 34.2 Å². The van der Waals surface area contributed by atoms with Crippen molar-refractivity contribution in [1.29, 1.82) is 0 Å². The van der Waals surface area contributed by atoms with E-state index in [1.165, 1.54) is 250 Å². The van der Waals surface area contributed by atoms with Crippen molar-refractivity contribution >= 4 is 136 Å². The van der Waals surface area contributed by atoms with Crippen molar-refractivity contribution in [3.63, 3.8) is 0 Å². The van der Waals surface area contributed by atoms with Crippen LogP contribution in [-0.2, 0) is 21.4 Å². The van der Waals surface area contributed by atoms with Crippen molar-refractivity contribution in [3.8, 4) is 117 Å². The topological polar surface area (TPSA) is 24.5 Å². The zero-order valence-electron chi connectivity index (χ0n) is 83.5. The van der Waals surface area contributed by atoms with E-state index in [1.54, 1.807) is 0 Å². The minimum atomic E-state index is -0.109. The molecule has 3 aromatic heterocycles. The highest BCUT2D eigenvalue weighted by Gasteiger charge is 2.56. The number of aromatic nitrogens is 3. The van der Waals surface area contributed by atoms with E-state index in [0.29, 0.717) is 0 Å². The molecule has 6 aliphatic heterocycles. The minimum Gasteiger partial charge on any atom is -0.380 e. The minimum absolute atomic E-state index is 0.00595. The molecule has 1 aliphatic carbocycles. The summed E-state index contributed by atoms with van der Waals surface area (Å²) >= 11 is 0. The number of rotatable bonds is 8. The zero-order chi connectivity index (χ0) is 98.2. The van der Waals surface area contributed by atoms with Gasteiger partial charge in [-0.3, -0.25) is 0 Å². The lowest BCUT2D eigenvalue weighted by atomic mass is 9.37. The Bertz CT molecular complexity index is 9630. The standard InChI is InChI=1S/C57H40BN3.C45H33BN2.C36H30BN/c1-57(2)49-34-40(29-31-54(49)61-53-27-14-11-23-44(53)43-22-9-12-25-50(43)58(57)61)38-17-15-16-37(32-38)39-28-30-52-46(33-39)48-36-55-47(35-56(48)60(52)42-20-7-4-8-21-42)45-24-10-13-26-51(45)59(55)41-18-5-3-6-19-41;1-45(2)39-29-33(24-26-44(39)48-43-22-11-8-18-36(43)35-17-6-9-20-40(35)46(45)48)31-14-12-13-30(27-31)32-23-25-42-38(28-32)37-19-7-10-21-41(37)47(42)34-15-4-3-5-16-34;1-35(2)29-14-8-5-11-25(29)26-19-17-23(21-30(26)35)24-18-20-34-31(22-24)36(3,4)37-32-15-9-6-12-27(32)28-13-7-10-16-33(28)38(34)37/h3-36H,1-2H3;3-29H,1-2H3;5-22H,1-4H3. The van der Waals surface area contributed by atoms with Crippen LogP contribution in [0.2, 0.25) is 0 Å². The van der Waals surface area contributed by atoms with Gasteiger partial charge in [-0.1, -0.05) is 377 Å². The predicted octanol–water partition coefficient (Wildman–Crippen LogP) is 33.5. The van der Waals surface area contributed by atoms with Crippen LogP contribution >= 0.6 is 0 Å². The second-order valence-corrected chi connectivity index (χ2v) is 43.5. The van der Waals surface area contributed by atoms with Gasteiger partial charge in [-0.15, -0.1) is 0 Å². The van der Waals surface area contributed by atoms with E-state index >= 15 is 0 Å². The summed E-state index contributed by atoms with van der Waals surface area (Å²) in [7, 11) is 0. The van der Waals surface area contributed by atoms with Crippen LogP contribution in [0.4, 0.5) is 34.1 Å². The third kappa shape index (κ3) is 12.9. The number of nitrogens with zero attached hydrogens (tertiary/aromatic N) is 6. The Morgan fingerprint density at radius 3 is 0.816 bits per heavy atom. The van der Waals surface area contributed by atoms with Crippen LogP contribution in [0.25, 0.3) is 183 Å². The Hall–Kier alpha value is -17.4. The van der Waals surface area contributed by atoms with E-state index in [-0.39, 0.29) is 41.9 Å².